The fourth-order valence-electron chi connectivity index (χ4n) is 9.46. The third-order valence-electron chi connectivity index (χ3n) is 13.6. The number of nitrogens with zero attached hydrogens (tertiary/aromatic N) is 15. The molecule has 0 radical (unpaired) electrons. The molecule has 0 unspecified atom stereocenters. The molecule has 0 saturated carbocycles. The Bertz CT molecular complexity index is 3810. The lowest BCUT2D eigenvalue weighted by atomic mass is 10.1. The smallest absolute Gasteiger partial charge is 0.313 e. The second-order valence-corrected chi connectivity index (χ2v) is 22.4. The molecule has 3 aliphatic rings. The molecule has 3 aliphatic heterocycles. The molecule has 3 fully saturated rings. The van der Waals surface area contributed by atoms with Crippen molar-refractivity contribution in [1.29, 1.82) is 0 Å². The minimum Gasteiger partial charge on any atom is -0.356 e. The van der Waals surface area contributed by atoms with E-state index in [-0.39, 0.29) is 66.9 Å². The molecule has 29 heteroatoms. The Morgan fingerprint density at radius 2 is 1.05 bits per heavy atom. The quantitative estimate of drug-likeness (QED) is 0.120. The van der Waals surface area contributed by atoms with Crippen LogP contribution in [0.15, 0.2) is 81.6 Å². The number of nitrogens with one attached hydrogen (secondary N) is 1. The van der Waals surface area contributed by atoms with Gasteiger partial charge in [-0.2, -0.15) is 38.2 Å². The van der Waals surface area contributed by atoms with Gasteiger partial charge in [-0.15, -0.1) is 0 Å². The number of Topliss-reactive ketones (excluding diaryl/α,β-unsaturated/α-hetero) is 2. The van der Waals surface area contributed by atoms with Crippen LogP contribution in [0.1, 0.15) is 69.0 Å². The molecular weight excluding hydrogens is 1110 g/mol. The highest BCUT2D eigenvalue weighted by molar-refractivity contribution is 7.20. The zero-order valence-electron chi connectivity index (χ0n) is 44.5. The van der Waals surface area contributed by atoms with Crippen molar-refractivity contribution in [3.05, 3.63) is 115 Å². The van der Waals surface area contributed by atoms with Gasteiger partial charge in [-0.3, -0.25) is 38.7 Å². The van der Waals surface area contributed by atoms with Crippen molar-refractivity contribution in [2.45, 2.75) is 70.6 Å². The Kier molecular flexibility index (Phi) is 18.2. The van der Waals surface area contributed by atoms with E-state index in [2.05, 4.69) is 60.3 Å². The third kappa shape index (κ3) is 13.4. The second-order valence-electron chi connectivity index (χ2n) is 19.5. The van der Waals surface area contributed by atoms with E-state index in [1.54, 1.807) is 42.9 Å². The normalized spacial score (nSPS) is 14.6. The Labute approximate surface area is 478 Å². The highest BCUT2D eigenvalue weighted by Gasteiger charge is 2.24. The summed E-state index contributed by atoms with van der Waals surface area (Å²) in [5.74, 6) is 0.449. The van der Waals surface area contributed by atoms with E-state index in [0.717, 1.165) is 104 Å². The van der Waals surface area contributed by atoms with Crippen LogP contribution in [0, 0.1) is 5.82 Å². The number of carbonyl (C=O) groups excluding carboxylic acids is 3. The number of hydrogen-bond acceptors (Lipinski definition) is 24. The summed E-state index contributed by atoms with van der Waals surface area (Å²) in [6.07, 6.45) is 16.8. The fraction of sp³-hybridized carbons (Fsp3) is 0.377. The van der Waals surface area contributed by atoms with Crippen molar-refractivity contribution in [3.63, 3.8) is 0 Å². The minimum atomic E-state index is -0.887. The van der Waals surface area contributed by atoms with Crippen LogP contribution in [0.4, 0.5) is 27.7 Å². The zero-order chi connectivity index (χ0) is 57.3. The van der Waals surface area contributed by atoms with Gasteiger partial charge in [-0.1, -0.05) is 34.0 Å². The van der Waals surface area contributed by atoms with Gasteiger partial charge in [0.2, 0.25) is 26.6 Å². The number of piperidine rings is 3. The minimum absolute atomic E-state index is 0.00392. The number of amides is 1. The molecule has 82 heavy (non-hydrogen) atoms. The molecule has 7 N–H and O–H groups in total. The number of hydrogen-bond donors (Lipinski definition) is 4. The predicted molar refractivity (Wildman–Crippen MR) is 312 cm³/mol. The molecule has 12 heterocycles. The standard InChI is InChI=1S/2C18H20N6O2S.C17H18FN7O2S/c19-11-14(25)9-13-8-12(4-5-20-13)17-22-24-16(26)10-15(21-18(24)27-17)23-6-2-1-3-7-23;19-9-14(25)7-12-6-13(11-20-10-12)17-22-24-16(26)8-15(21-18(24)27-17)23-4-2-1-3-5-23;18-13-14(24-6-2-1-3-7-24)22-17-25(16(13)27)23-15(28-17)10-4-5-20-11(8-10)21-12(26)9-19/h4-5,8,10H,1-3,6-7,9,11,19H2;6,8,10-11H,1-5,7,9,19H2;4-5,8H,1-3,6-7,9,19H2,(H,20,21,26). The van der Waals surface area contributed by atoms with Gasteiger partial charge in [0.1, 0.15) is 32.5 Å². The summed E-state index contributed by atoms with van der Waals surface area (Å²) in [6, 6.07) is 11.9. The van der Waals surface area contributed by atoms with E-state index in [9.17, 15) is 33.2 Å². The highest BCUT2D eigenvalue weighted by atomic mass is 32.1. The first-order valence-electron chi connectivity index (χ1n) is 26.8. The topological polar surface area (TPSA) is 331 Å². The average Bonchev–Trinajstić information content (AvgIpc) is 4.29. The van der Waals surface area contributed by atoms with Gasteiger partial charge in [0.25, 0.3) is 11.1 Å². The van der Waals surface area contributed by atoms with Gasteiger partial charge in [0.05, 0.1) is 26.1 Å². The van der Waals surface area contributed by atoms with Crippen LogP contribution in [-0.2, 0) is 27.2 Å². The van der Waals surface area contributed by atoms with Crippen LogP contribution >= 0.6 is 34.0 Å². The Balaban J connectivity index is 0.000000138. The summed E-state index contributed by atoms with van der Waals surface area (Å²) in [7, 11) is 0. The van der Waals surface area contributed by atoms with Crippen LogP contribution in [0.25, 0.3) is 46.6 Å². The monoisotopic (exact) mass is 1170 g/mol. The Morgan fingerprint density at radius 1 is 0.549 bits per heavy atom. The van der Waals surface area contributed by atoms with E-state index < -0.39 is 11.4 Å². The highest BCUT2D eigenvalue weighted by Crippen LogP contribution is 2.30. The summed E-state index contributed by atoms with van der Waals surface area (Å²) in [4.78, 5) is 106. The molecule has 0 bridgehead atoms. The molecule has 9 aromatic rings. The summed E-state index contributed by atoms with van der Waals surface area (Å²) in [5.41, 5.74) is 18.4. The Hall–Kier alpha value is -8.22. The largest absolute Gasteiger partial charge is 0.356 e. The number of carbonyl (C=O) groups is 3. The van der Waals surface area contributed by atoms with Gasteiger partial charge in [-0.25, -0.2) is 15.0 Å². The number of pyridine rings is 3. The molecule has 25 nitrogen and oxygen atoms in total. The van der Waals surface area contributed by atoms with Crippen LogP contribution < -0.4 is 53.9 Å². The van der Waals surface area contributed by atoms with Crippen LogP contribution in [0.2, 0.25) is 0 Å². The molecule has 0 aromatic carbocycles. The molecular formula is C53H58FN19O6S3. The molecule has 9 aromatic heterocycles. The van der Waals surface area contributed by atoms with Crippen LogP contribution in [-0.4, -0.2) is 135 Å². The number of nitrogens with two attached hydrogens (primary N) is 3. The van der Waals surface area contributed by atoms with Gasteiger partial charge < -0.3 is 37.2 Å². The van der Waals surface area contributed by atoms with Gasteiger partial charge in [0.15, 0.2) is 17.4 Å². The second kappa shape index (κ2) is 26.1. The molecule has 3 saturated heterocycles. The molecule has 12 rings (SSSR count). The number of fused-ring (bicyclic) bond motifs is 3. The van der Waals surface area contributed by atoms with Crippen molar-refractivity contribution in [1.82, 2.24) is 58.7 Å². The van der Waals surface area contributed by atoms with E-state index >= 15 is 0 Å². The number of aromatic nitrogens is 12. The summed E-state index contributed by atoms with van der Waals surface area (Å²) >= 11 is 3.86. The van der Waals surface area contributed by atoms with Crippen LogP contribution in [0.3, 0.4) is 0 Å². The van der Waals surface area contributed by atoms with Crippen molar-refractivity contribution >= 4 is 89.6 Å². The lowest BCUT2D eigenvalue weighted by Gasteiger charge is -2.27. The average molecular weight is 1170 g/mol. The maximum absolute atomic E-state index is 14.6. The fourth-order valence-corrected chi connectivity index (χ4v) is 12.1. The maximum Gasteiger partial charge on any atom is 0.313 e. The SMILES string of the molecule is NCC(=O)Cc1cc(-c2nn3c(=O)cc(N4CCCCC4)nc3s2)ccn1.NCC(=O)Cc1cncc(-c2nn3c(=O)cc(N4CCCCC4)nc3s2)c1.NCC(=O)Nc1cc(-c2nn3c(=O)c(F)c(N4CCCCC4)nc3s2)ccn1. The first-order valence-corrected chi connectivity index (χ1v) is 29.2. The van der Waals surface area contributed by atoms with Gasteiger partial charge in [-0.05, 0) is 93.7 Å². The van der Waals surface area contributed by atoms with E-state index in [1.807, 2.05) is 23.1 Å². The van der Waals surface area contributed by atoms with Crippen molar-refractivity contribution in [2.75, 3.05) is 78.9 Å². The lowest BCUT2D eigenvalue weighted by molar-refractivity contribution is -0.117. The first-order chi connectivity index (χ1) is 39.8. The molecule has 426 valence electrons. The van der Waals surface area contributed by atoms with E-state index in [0.29, 0.717) is 60.1 Å². The van der Waals surface area contributed by atoms with Gasteiger partial charge in [0, 0.05) is 105 Å². The first kappa shape index (κ1) is 57.0. The summed E-state index contributed by atoms with van der Waals surface area (Å²) in [5, 5.41) is 17.4. The summed E-state index contributed by atoms with van der Waals surface area (Å²) in [6.45, 7) is 4.90. The van der Waals surface area contributed by atoms with Crippen LogP contribution in [0.5, 0.6) is 0 Å². The third-order valence-corrected chi connectivity index (χ3v) is 16.5. The number of halogens is 1. The molecule has 0 aliphatic carbocycles. The molecule has 0 spiro atoms. The van der Waals surface area contributed by atoms with Gasteiger partial charge >= 0.3 is 5.56 Å². The number of anilines is 4. The van der Waals surface area contributed by atoms with Crippen molar-refractivity contribution < 1.29 is 18.8 Å². The molecule has 0 atom stereocenters. The van der Waals surface area contributed by atoms with Crippen molar-refractivity contribution in [2.24, 2.45) is 17.2 Å². The maximum atomic E-state index is 14.6. The zero-order valence-corrected chi connectivity index (χ0v) is 46.9. The van der Waals surface area contributed by atoms with E-state index in [4.69, 9.17) is 17.2 Å². The summed E-state index contributed by atoms with van der Waals surface area (Å²) < 4.78 is 18.3. The van der Waals surface area contributed by atoms with Crippen molar-refractivity contribution in [3.8, 4) is 31.7 Å². The Morgan fingerprint density at radius 3 is 1.61 bits per heavy atom. The van der Waals surface area contributed by atoms with E-state index in [1.165, 1.54) is 62.1 Å². The lowest BCUT2D eigenvalue weighted by Crippen LogP contribution is -2.33. The number of rotatable bonds is 14. The predicted octanol–water partition coefficient (Wildman–Crippen LogP) is 3.79. The molecule has 1 amide bonds. The number of ketones is 2.